The van der Waals surface area contributed by atoms with Crippen molar-refractivity contribution in [2.45, 2.75) is 20.0 Å². The van der Waals surface area contributed by atoms with Gasteiger partial charge in [-0.05, 0) is 13.8 Å². The van der Waals surface area contributed by atoms with Crippen molar-refractivity contribution in [3.05, 3.63) is 0 Å². The maximum atomic E-state index is 11.1. The highest BCUT2D eigenvalue weighted by molar-refractivity contribution is 6.59. The van der Waals surface area contributed by atoms with Gasteiger partial charge in [0.25, 0.3) is 0 Å². The van der Waals surface area contributed by atoms with Gasteiger partial charge >= 0.3 is 5.97 Å². The van der Waals surface area contributed by atoms with E-state index in [1.165, 1.54) is 14.2 Å². The lowest BCUT2D eigenvalue weighted by atomic mass is 10.4. The molecule has 0 aliphatic carbocycles. The zero-order chi connectivity index (χ0) is 11.0. The number of ether oxygens (including phenoxy) is 1. The summed E-state index contributed by atoms with van der Waals surface area (Å²) in [6.45, 7) is 3.57. The lowest BCUT2D eigenvalue weighted by molar-refractivity contribution is -0.132. The predicted molar refractivity (Wildman–Crippen MR) is 51.2 cm³/mol. The molecular weight excluding hydrogens is 188 g/mol. The summed E-state index contributed by atoms with van der Waals surface area (Å²) < 4.78 is 4.45. The highest BCUT2D eigenvalue weighted by atomic mass is 16.6. The van der Waals surface area contributed by atoms with Crippen LogP contribution in [-0.4, -0.2) is 38.2 Å². The smallest absolute Gasteiger partial charge is 0.361 e. The molecule has 0 fully saturated rings. The summed E-state index contributed by atoms with van der Waals surface area (Å²) in [5, 5.41) is 6.93. The maximum Gasteiger partial charge on any atom is 0.361 e. The summed E-state index contributed by atoms with van der Waals surface area (Å²) in [6, 6.07) is 0. The Morgan fingerprint density at radius 2 is 2.00 bits per heavy atom. The molecule has 0 unspecified atom stereocenters. The fourth-order valence-electron chi connectivity index (χ4n) is 0.483. The van der Waals surface area contributed by atoms with Crippen LogP contribution in [0.2, 0.25) is 0 Å². The Balaban J connectivity index is 4.46. The number of carbonyl (C=O) groups is 1. The van der Waals surface area contributed by atoms with E-state index in [2.05, 4.69) is 19.9 Å². The van der Waals surface area contributed by atoms with Gasteiger partial charge in [-0.3, -0.25) is 0 Å². The third-order valence-electron chi connectivity index (χ3n) is 1.04. The summed E-state index contributed by atoms with van der Waals surface area (Å²) >= 11 is 0. The minimum atomic E-state index is -0.633. The van der Waals surface area contributed by atoms with Crippen LogP contribution < -0.4 is 0 Å². The molecule has 0 bridgehead atoms. The lowest BCUT2D eigenvalue weighted by Gasteiger charge is -2.02. The van der Waals surface area contributed by atoms with Crippen LogP contribution in [0.1, 0.15) is 13.8 Å². The topological polar surface area (TPSA) is 69.5 Å². The second-order valence-corrected chi connectivity index (χ2v) is 2.54. The van der Waals surface area contributed by atoms with E-state index < -0.39 is 5.97 Å². The third kappa shape index (κ3) is 5.13. The Hall–Kier alpha value is -1.59. The van der Waals surface area contributed by atoms with Gasteiger partial charge in [-0.15, -0.1) is 0 Å². The van der Waals surface area contributed by atoms with Crippen molar-refractivity contribution >= 4 is 17.9 Å². The third-order valence-corrected chi connectivity index (χ3v) is 1.04. The quantitative estimate of drug-likeness (QED) is 0.371. The van der Waals surface area contributed by atoms with Crippen LogP contribution in [-0.2, 0) is 19.2 Å². The van der Waals surface area contributed by atoms with Gasteiger partial charge in [-0.1, -0.05) is 10.3 Å². The molecule has 0 aromatic rings. The largest absolute Gasteiger partial charge is 0.464 e. The van der Waals surface area contributed by atoms with Gasteiger partial charge in [0.2, 0.25) is 5.71 Å². The molecule has 0 amide bonds. The van der Waals surface area contributed by atoms with Gasteiger partial charge in [0, 0.05) is 0 Å². The van der Waals surface area contributed by atoms with Crippen molar-refractivity contribution in [3.63, 3.8) is 0 Å². The standard InChI is InChI=1S/C8H14N2O4/c1-6(2)14-10-7(5-9-13-4)8(11)12-3/h5-6H,1-4H3. The van der Waals surface area contributed by atoms with Crippen LogP contribution in [0.25, 0.3) is 0 Å². The summed E-state index contributed by atoms with van der Waals surface area (Å²) in [7, 11) is 2.60. The van der Waals surface area contributed by atoms with Crippen LogP contribution in [0.4, 0.5) is 0 Å². The number of hydrogen-bond acceptors (Lipinski definition) is 6. The van der Waals surface area contributed by atoms with Gasteiger partial charge in [-0.2, -0.15) is 0 Å². The minimum Gasteiger partial charge on any atom is -0.464 e. The second kappa shape index (κ2) is 6.88. The number of esters is 1. The van der Waals surface area contributed by atoms with Crippen LogP contribution in [0.15, 0.2) is 10.3 Å². The number of oxime groups is 2. The van der Waals surface area contributed by atoms with Crippen molar-refractivity contribution < 1.29 is 19.2 Å². The molecule has 0 aliphatic rings. The minimum absolute atomic E-state index is 0.0527. The van der Waals surface area contributed by atoms with E-state index in [-0.39, 0.29) is 11.8 Å². The first-order valence-electron chi connectivity index (χ1n) is 4.00. The average Bonchev–Trinajstić information content (AvgIpc) is 2.16. The Kier molecular flexibility index (Phi) is 6.09. The van der Waals surface area contributed by atoms with Gasteiger partial charge in [0.15, 0.2) is 0 Å². The second-order valence-electron chi connectivity index (χ2n) is 2.54. The monoisotopic (exact) mass is 202 g/mol. The molecule has 14 heavy (non-hydrogen) atoms. The average molecular weight is 202 g/mol. The molecule has 0 rings (SSSR count). The Morgan fingerprint density at radius 3 is 2.43 bits per heavy atom. The molecule has 6 heteroatoms. The van der Waals surface area contributed by atoms with E-state index in [9.17, 15) is 4.79 Å². The normalized spacial score (nSPS) is 11.9. The molecule has 0 N–H and O–H groups in total. The molecule has 0 aliphatic heterocycles. The van der Waals surface area contributed by atoms with E-state index >= 15 is 0 Å². The van der Waals surface area contributed by atoms with Gasteiger partial charge < -0.3 is 14.4 Å². The van der Waals surface area contributed by atoms with E-state index in [1.54, 1.807) is 13.8 Å². The fraction of sp³-hybridized carbons (Fsp3) is 0.625. The van der Waals surface area contributed by atoms with Gasteiger partial charge in [0.1, 0.15) is 19.4 Å². The first kappa shape index (κ1) is 12.4. The van der Waals surface area contributed by atoms with E-state index in [0.29, 0.717) is 0 Å². The van der Waals surface area contributed by atoms with Gasteiger partial charge in [-0.25, -0.2) is 4.79 Å². The Bertz CT molecular complexity index is 235. The number of rotatable bonds is 5. The van der Waals surface area contributed by atoms with E-state index in [1.807, 2.05) is 0 Å². The lowest BCUT2D eigenvalue weighted by Crippen LogP contribution is -2.18. The number of carbonyl (C=O) groups excluding carboxylic acids is 1. The SMILES string of the molecule is CON=CC(=NOC(C)C)C(=O)OC. The molecule has 80 valence electrons. The van der Waals surface area contributed by atoms with Crippen molar-refractivity contribution in [3.8, 4) is 0 Å². The van der Waals surface area contributed by atoms with Crippen molar-refractivity contribution in [1.82, 2.24) is 0 Å². The van der Waals surface area contributed by atoms with Crippen LogP contribution in [0.5, 0.6) is 0 Å². The summed E-state index contributed by atoms with van der Waals surface area (Å²) in [4.78, 5) is 20.3. The Morgan fingerprint density at radius 1 is 1.36 bits per heavy atom. The highest BCUT2D eigenvalue weighted by Gasteiger charge is 2.10. The van der Waals surface area contributed by atoms with Crippen LogP contribution in [0, 0.1) is 0 Å². The van der Waals surface area contributed by atoms with Crippen molar-refractivity contribution in [2.24, 2.45) is 10.3 Å². The first-order valence-corrected chi connectivity index (χ1v) is 4.00. The summed E-state index contributed by atoms with van der Waals surface area (Å²) in [6.07, 6.45) is 0.999. The summed E-state index contributed by atoms with van der Waals surface area (Å²) in [5.41, 5.74) is -0.0527. The van der Waals surface area contributed by atoms with E-state index in [4.69, 9.17) is 4.84 Å². The Labute approximate surface area is 82.5 Å². The van der Waals surface area contributed by atoms with Crippen molar-refractivity contribution in [2.75, 3.05) is 14.2 Å². The van der Waals surface area contributed by atoms with Crippen LogP contribution in [0.3, 0.4) is 0 Å². The fourth-order valence-corrected chi connectivity index (χ4v) is 0.483. The predicted octanol–water partition coefficient (Wildman–Crippen LogP) is 0.573. The molecule has 0 saturated carbocycles. The molecule has 0 aromatic carbocycles. The molecule has 0 radical (unpaired) electrons. The molecule has 0 atom stereocenters. The number of nitrogens with zero attached hydrogens (tertiary/aromatic N) is 2. The highest BCUT2D eigenvalue weighted by Crippen LogP contribution is 1.90. The van der Waals surface area contributed by atoms with Crippen LogP contribution >= 0.6 is 0 Å². The van der Waals surface area contributed by atoms with Crippen molar-refractivity contribution in [1.29, 1.82) is 0 Å². The maximum absolute atomic E-state index is 11.1. The molecular formula is C8H14N2O4. The number of methoxy groups -OCH3 is 1. The van der Waals surface area contributed by atoms with E-state index in [0.717, 1.165) is 6.21 Å². The molecule has 0 saturated heterocycles. The zero-order valence-electron chi connectivity index (χ0n) is 8.68. The van der Waals surface area contributed by atoms with Gasteiger partial charge in [0.05, 0.1) is 7.11 Å². The molecule has 6 nitrogen and oxygen atoms in total. The molecule has 0 heterocycles. The molecule has 0 aromatic heterocycles. The zero-order valence-corrected chi connectivity index (χ0v) is 8.68. The summed E-state index contributed by atoms with van der Waals surface area (Å²) in [5.74, 6) is -0.633. The number of hydrogen-bond donors (Lipinski definition) is 0. The first-order chi connectivity index (χ1) is 6.61. The molecule has 0 spiro atoms.